The Morgan fingerprint density at radius 1 is 1.80 bits per heavy atom. The van der Waals surface area contributed by atoms with Gasteiger partial charge in [0.2, 0.25) is 0 Å². The zero-order chi connectivity index (χ0) is 10.6. The van der Waals surface area contributed by atoms with E-state index in [4.69, 9.17) is 15.9 Å². The fourth-order valence-electron chi connectivity index (χ4n) is 0.721. The maximum atomic E-state index is 10.5. The molecule has 4 N–H and O–H groups in total. The standard InChI is InChI=1S/C7H10N4O2S.ClH/c1-4(12)13-2-5-3-14-7(10-5)11-6(8)9;/h3H,2H2,1H3,(H4,8,9,10,11);1H. The van der Waals surface area contributed by atoms with Crippen molar-refractivity contribution in [3.05, 3.63) is 11.1 Å². The van der Waals surface area contributed by atoms with Gasteiger partial charge in [0, 0.05) is 12.3 Å². The highest BCUT2D eigenvalue weighted by Gasteiger charge is 2.03. The van der Waals surface area contributed by atoms with Crippen LogP contribution in [0.5, 0.6) is 0 Å². The highest BCUT2D eigenvalue weighted by atomic mass is 35.5. The van der Waals surface area contributed by atoms with Crippen molar-refractivity contribution < 1.29 is 9.53 Å². The Bertz CT molecular complexity index is 355. The van der Waals surface area contributed by atoms with Crippen LogP contribution in [-0.4, -0.2) is 16.9 Å². The molecule has 0 saturated heterocycles. The maximum absolute atomic E-state index is 10.5. The molecule has 0 atom stereocenters. The molecule has 1 aromatic rings. The molecule has 0 fully saturated rings. The first kappa shape index (κ1) is 13.7. The smallest absolute Gasteiger partial charge is 0.303 e. The molecule has 1 aromatic heterocycles. The summed E-state index contributed by atoms with van der Waals surface area (Å²) in [6.07, 6.45) is 0. The van der Waals surface area contributed by atoms with Crippen LogP contribution >= 0.6 is 23.7 Å². The zero-order valence-corrected chi connectivity index (χ0v) is 9.58. The molecule has 0 aliphatic rings. The molecule has 8 heteroatoms. The summed E-state index contributed by atoms with van der Waals surface area (Å²) in [5, 5.41) is 11.7. The van der Waals surface area contributed by atoms with E-state index in [0.717, 1.165) is 0 Å². The van der Waals surface area contributed by atoms with E-state index in [9.17, 15) is 4.79 Å². The first-order valence-electron chi connectivity index (χ1n) is 3.76. The number of esters is 1. The molecule has 0 aliphatic heterocycles. The summed E-state index contributed by atoms with van der Waals surface area (Å²) in [6.45, 7) is 1.48. The number of aromatic nitrogens is 1. The number of anilines is 1. The summed E-state index contributed by atoms with van der Waals surface area (Å²) in [7, 11) is 0. The van der Waals surface area contributed by atoms with Crippen LogP contribution in [0.15, 0.2) is 5.38 Å². The van der Waals surface area contributed by atoms with Crippen molar-refractivity contribution in [3.63, 3.8) is 0 Å². The third-order valence-electron chi connectivity index (χ3n) is 1.22. The molecule has 1 rings (SSSR count). The van der Waals surface area contributed by atoms with E-state index in [-0.39, 0.29) is 30.9 Å². The van der Waals surface area contributed by atoms with E-state index >= 15 is 0 Å². The van der Waals surface area contributed by atoms with Crippen molar-refractivity contribution in [1.29, 1.82) is 5.41 Å². The molecule has 15 heavy (non-hydrogen) atoms. The van der Waals surface area contributed by atoms with E-state index in [1.807, 2.05) is 0 Å². The molecule has 0 unspecified atom stereocenters. The van der Waals surface area contributed by atoms with Gasteiger partial charge >= 0.3 is 5.97 Å². The van der Waals surface area contributed by atoms with Crippen molar-refractivity contribution in [2.24, 2.45) is 5.73 Å². The number of guanidine groups is 1. The van der Waals surface area contributed by atoms with Gasteiger partial charge in [0.25, 0.3) is 0 Å². The molecule has 0 aromatic carbocycles. The molecular formula is C7H11ClN4O2S. The number of nitrogens with one attached hydrogen (secondary N) is 2. The molecule has 0 saturated carbocycles. The summed E-state index contributed by atoms with van der Waals surface area (Å²) in [4.78, 5) is 14.5. The lowest BCUT2D eigenvalue weighted by Crippen LogP contribution is -2.20. The fourth-order valence-corrected chi connectivity index (χ4v) is 1.43. The lowest BCUT2D eigenvalue weighted by atomic mass is 10.5. The minimum atomic E-state index is -0.348. The fraction of sp³-hybridized carbons (Fsp3) is 0.286. The van der Waals surface area contributed by atoms with E-state index < -0.39 is 0 Å². The van der Waals surface area contributed by atoms with Crippen molar-refractivity contribution in [1.82, 2.24) is 4.98 Å². The van der Waals surface area contributed by atoms with Crippen molar-refractivity contribution in [2.75, 3.05) is 5.32 Å². The average Bonchev–Trinajstić information content (AvgIpc) is 2.47. The first-order valence-corrected chi connectivity index (χ1v) is 4.64. The largest absolute Gasteiger partial charge is 0.459 e. The third-order valence-corrected chi connectivity index (χ3v) is 2.02. The van der Waals surface area contributed by atoms with Crippen LogP contribution in [-0.2, 0) is 16.1 Å². The second kappa shape index (κ2) is 6.20. The third kappa shape index (κ3) is 5.18. The highest BCUT2D eigenvalue weighted by molar-refractivity contribution is 7.13. The van der Waals surface area contributed by atoms with E-state index in [1.165, 1.54) is 18.3 Å². The second-order valence-corrected chi connectivity index (χ2v) is 3.32. The number of carbonyl (C=O) groups excluding carboxylic acids is 1. The number of nitrogens with zero attached hydrogens (tertiary/aromatic N) is 1. The summed E-state index contributed by atoms with van der Waals surface area (Å²) in [5.74, 6) is -0.516. The van der Waals surface area contributed by atoms with Crippen LogP contribution in [0.25, 0.3) is 0 Å². The van der Waals surface area contributed by atoms with Gasteiger partial charge in [0.05, 0.1) is 5.69 Å². The van der Waals surface area contributed by atoms with Crippen molar-refractivity contribution in [3.8, 4) is 0 Å². The predicted octanol–water partition coefficient (Wildman–Crippen LogP) is 0.933. The second-order valence-electron chi connectivity index (χ2n) is 2.46. The van der Waals surface area contributed by atoms with E-state index in [1.54, 1.807) is 5.38 Å². The summed E-state index contributed by atoms with van der Waals surface area (Å²) in [5.41, 5.74) is 5.74. The molecule has 0 radical (unpaired) electrons. The molecular weight excluding hydrogens is 240 g/mol. The van der Waals surface area contributed by atoms with Gasteiger partial charge in [-0.3, -0.25) is 10.2 Å². The molecule has 1 heterocycles. The van der Waals surface area contributed by atoms with E-state index in [0.29, 0.717) is 10.8 Å². The Morgan fingerprint density at radius 3 is 3.00 bits per heavy atom. The van der Waals surface area contributed by atoms with Gasteiger partial charge in [0.1, 0.15) is 6.61 Å². The highest BCUT2D eigenvalue weighted by Crippen LogP contribution is 2.15. The number of thiazole rings is 1. The average molecular weight is 251 g/mol. The lowest BCUT2D eigenvalue weighted by molar-refractivity contribution is -0.142. The number of carbonyl (C=O) groups is 1. The zero-order valence-electron chi connectivity index (χ0n) is 7.94. The number of rotatable bonds is 3. The Balaban J connectivity index is 0.00000196. The van der Waals surface area contributed by atoms with Crippen LogP contribution in [0.3, 0.4) is 0 Å². The number of hydrogen-bond donors (Lipinski definition) is 3. The van der Waals surface area contributed by atoms with Gasteiger partial charge in [-0.2, -0.15) is 0 Å². The van der Waals surface area contributed by atoms with Crippen LogP contribution < -0.4 is 11.1 Å². The normalized spacial score (nSPS) is 8.87. The summed E-state index contributed by atoms with van der Waals surface area (Å²) in [6, 6.07) is 0. The Labute approximate surface area is 96.8 Å². The van der Waals surface area contributed by atoms with Crippen molar-refractivity contribution in [2.45, 2.75) is 13.5 Å². The number of hydrogen-bond acceptors (Lipinski definition) is 5. The van der Waals surface area contributed by atoms with Gasteiger partial charge in [-0.25, -0.2) is 4.98 Å². The van der Waals surface area contributed by atoms with Gasteiger partial charge in [-0.1, -0.05) is 0 Å². The molecule has 0 aliphatic carbocycles. The minimum Gasteiger partial charge on any atom is -0.459 e. The monoisotopic (exact) mass is 250 g/mol. The van der Waals surface area contributed by atoms with Crippen LogP contribution in [0.2, 0.25) is 0 Å². The number of nitrogens with two attached hydrogens (primary N) is 1. The van der Waals surface area contributed by atoms with Gasteiger partial charge in [-0.05, 0) is 0 Å². The van der Waals surface area contributed by atoms with Crippen molar-refractivity contribution >= 4 is 40.8 Å². The van der Waals surface area contributed by atoms with E-state index in [2.05, 4.69) is 10.3 Å². The Hall–Kier alpha value is -1.34. The van der Waals surface area contributed by atoms with Gasteiger partial charge < -0.3 is 15.8 Å². The number of halogens is 1. The van der Waals surface area contributed by atoms with Gasteiger partial charge in [-0.15, -0.1) is 23.7 Å². The minimum absolute atomic E-state index is 0. The SMILES string of the molecule is CC(=O)OCc1csc(NC(=N)N)n1.Cl. The number of ether oxygens (including phenoxy) is 1. The maximum Gasteiger partial charge on any atom is 0.303 e. The van der Waals surface area contributed by atoms with Gasteiger partial charge in [0.15, 0.2) is 11.1 Å². The molecule has 6 nitrogen and oxygen atoms in total. The quantitative estimate of drug-likeness (QED) is 0.421. The van der Waals surface area contributed by atoms with Crippen LogP contribution in [0.1, 0.15) is 12.6 Å². The summed E-state index contributed by atoms with van der Waals surface area (Å²) < 4.78 is 4.74. The summed E-state index contributed by atoms with van der Waals surface area (Å²) >= 11 is 1.30. The Morgan fingerprint density at radius 2 is 2.47 bits per heavy atom. The first-order chi connectivity index (χ1) is 6.58. The lowest BCUT2D eigenvalue weighted by Gasteiger charge is -1.97. The molecule has 0 bridgehead atoms. The topological polar surface area (TPSA) is 101 Å². The predicted molar refractivity (Wildman–Crippen MR) is 60.4 cm³/mol. The Kier molecular flexibility index (Phi) is 5.65. The van der Waals surface area contributed by atoms with Crippen LogP contribution in [0, 0.1) is 5.41 Å². The van der Waals surface area contributed by atoms with Crippen LogP contribution in [0.4, 0.5) is 5.13 Å². The molecule has 0 spiro atoms. The molecule has 0 amide bonds. The molecule has 84 valence electrons.